The molecule has 21 nitrogen and oxygen atoms in total. The number of nitro benzene ring substituents is 1. The summed E-state index contributed by atoms with van der Waals surface area (Å²) in [5.41, 5.74) is 0.263. The lowest BCUT2D eigenvalue weighted by atomic mass is 10.1. The Kier molecular flexibility index (Phi) is 17.5. The van der Waals surface area contributed by atoms with E-state index in [9.17, 15) is 43.7 Å². The van der Waals surface area contributed by atoms with Gasteiger partial charge in [-0.2, -0.15) is 0 Å². The molecule has 55 heavy (non-hydrogen) atoms. The molecule has 0 aliphatic carbocycles. The van der Waals surface area contributed by atoms with Gasteiger partial charge in [-0.1, -0.05) is 0 Å². The molecule has 0 bridgehead atoms. The maximum absolute atomic E-state index is 13.5. The van der Waals surface area contributed by atoms with E-state index in [1.807, 2.05) is 4.90 Å². The largest absolute Gasteiger partial charge is 0.480 e. The third-order valence-electron chi connectivity index (χ3n) is 8.17. The molecule has 21 heteroatoms. The van der Waals surface area contributed by atoms with Crippen LogP contribution in [-0.4, -0.2) is 179 Å². The molecule has 0 atom stereocenters. The molecule has 2 aromatic carbocycles. The first-order chi connectivity index (χ1) is 26.2. The van der Waals surface area contributed by atoms with Crippen molar-refractivity contribution in [1.82, 2.24) is 35.6 Å². The second-order valence-electron chi connectivity index (χ2n) is 12.4. The zero-order chi connectivity index (χ0) is 40.3. The smallest absolute Gasteiger partial charge is 0.322 e. The molecule has 1 aliphatic rings. The normalized spacial score (nSPS) is 15.1. The fraction of sp³-hybridized carbons (Fsp3) is 0.441. The van der Waals surface area contributed by atoms with Crippen molar-refractivity contribution in [3.8, 4) is 11.5 Å². The van der Waals surface area contributed by atoms with E-state index in [4.69, 9.17) is 20.1 Å². The van der Waals surface area contributed by atoms with E-state index < -0.39 is 60.2 Å². The van der Waals surface area contributed by atoms with Gasteiger partial charge in [0.15, 0.2) is 5.78 Å². The number of nitrogens with zero attached hydrogens (tertiary/aromatic N) is 5. The van der Waals surface area contributed by atoms with E-state index >= 15 is 0 Å². The molecule has 0 saturated carbocycles. The Balaban J connectivity index is 1.78. The lowest BCUT2D eigenvalue weighted by Crippen LogP contribution is -2.51. The molecule has 0 aromatic heterocycles. The van der Waals surface area contributed by atoms with Crippen molar-refractivity contribution >= 4 is 47.1 Å². The lowest BCUT2D eigenvalue weighted by Gasteiger charge is -2.33. The highest BCUT2D eigenvalue weighted by Gasteiger charge is 2.22. The van der Waals surface area contributed by atoms with Crippen molar-refractivity contribution in [2.45, 2.75) is 0 Å². The molecule has 298 valence electrons. The van der Waals surface area contributed by atoms with Gasteiger partial charge in [-0.25, -0.2) is 0 Å². The Bertz CT molecular complexity index is 1630. The Morgan fingerprint density at radius 3 is 1.16 bits per heavy atom. The van der Waals surface area contributed by atoms with Gasteiger partial charge in [0.05, 0.1) is 31.1 Å². The third kappa shape index (κ3) is 17.1. The van der Waals surface area contributed by atoms with Crippen molar-refractivity contribution in [2.24, 2.45) is 0 Å². The number of ketones is 1. The summed E-state index contributed by atoms with van der Waals surface area (Å²) in [6, 6.07) is 11.8. The third-order valence-corrected chi connectivity index (χ3v) is 8.17. The van der Waals surface area contributed by atoms with Crippen molar-refractivity contribution < 1.29 is 58.5 Å². The Morgan fingerprint density at radius 2 is 0.855 bits per heavy atom. The van der Waals surface area contributed by atoms with Gasteiger partial charge in [-0.3, -0.25) is 63.3 Å². The highest BCUT2D eigenvalue weighted by Crippen LogP contribution is 2.24. The van der Waals surface area contributed by atoms with Crippen LogP contribution in [0.25, 0.3) is 0 Å². The molecule has 6 N–H and O–H groups in total. The number of amides is 3. The van der Waals surface area contributed by atoms with E-state index in [2.05, 4.69) is 16.0 Å². The zero-order valence-corrected chi connectivity index (χ0v) is 29.9. The topological polar surface area (TPSA) is 282 Å². The lowest BCUT2D eigenvalue weighted by molar-refractivity contribution is -0.384. The summed E-state index contributed by atoms with van der Waals surface area (Å²) in [6.45, 7) is -0.635. The molecule has 0 spiro atoms. The summed E-state index contributed by atoms with van der Waals surface area (Å²) in [6.07, 6.45) is 0. The van der Waals surface area contributed by atoms with Crippen LogP contribution in [0.15, 0.2) is 48.5 Å². The average Bonchev–Trinajstić information content (AvgIpc) is 3.13. The quantitative estimate of drug-likeness (QED) is 0.0565. The number of carboxylic acid groups (broad SMARTS) is 3. The number of non-ortho nitro benzene ring substituents is 1. The molecule has 1 heterocycles. The number of hydrogen-bond acceptors (Lipinski definition) is 14. The van der Waals surface area contributed by atoms with Gasteiger partial charge in [-0.05, 0) is 36.4 Å². The Hall–Kier alpha value is -6.03. The summed E-state index contributed by atoms with van der Waals surface area (Å²) in [5, 5.41) is 44.8. The zero-order valence-electron chi connectivity index (χ0n) is 29.9. The van der Waals surface area contributed by atoms with Gasteiger partial charge in [0.1, 0.15) is 31.1 Å². The van der Waals surface area contributed by atoms with Crippen LogP contribution in [0.1, 0.15) is 10.4 Å². The van der Waals surface area contributed by atoms with E-state index in [1.165, 1.54) is 24.3 Å². The van der Waals surface area contributed by atoms with Crippen LogP contribution in [0.4, 0.5) is 5.69 Å². The molecule has 1 aliphatic heterocycles. The second-order valence-corrected chi connectivity index (χ2v) is 12.4. The molecule has 0 unspecified atom stereocenters. The van der Waals surface area contributed by atoms with Crippen LogP contribution in [0.3, 0.4) is 0 Å². The van der Waals surface area contributed by atoms with Gasteiger partial charge >= 0.3 is 17.9 Å². The predicted octanol–water partition coefficient (Wildman–Crippen LogP) is -1.61. The molecule has 3 rings (SSSR count). The van der Waals surface area contributed by atoms with E-state index in [-0.39, 0.29) is 90.0 Å². The summed E-state index contributed by atoms with van der Waals surface area (Å²) < 4.78 is 5.74. The monoisotopic (exact) mass is 772 g/mol. The van der Waals surface area contributed by atoms with Crippen molar-refractivity contribution in [3.05, 3.63) is 64.2 Å². The number of Topliss-reactive ketones (excluding diaryl/α,β-unsaturated/α-hetero) is 1. The number of nitrogens with one attached hydrogen (secondary N) is 3. The van der Waals surface area contributed by atoms with E-state index in [0.717, 1.165) is 0 Å². The van der Waals surface area contributed by atoms with Crippen LogP contribution in [-0.2, 0) is 28.8 Å². The van der Waals surface area contributed by atoms with E-state index in [0.29, 0.717) is 17.1 Å². The molecule has 2 aromatic rings. The SMILES string of the molecule is O=C(O)CNC(=O)CN1CCN(CC(=O)NCC(=O)O)CCN(CC(=O)c2ccc(Oc3ccc([N+](=O)[O-])cc3)cc2)CCN(CC(=O)NCC(=O)O)CC1. The van der Waals surface area contributed by atoms with Gasteiger partial charge in [0.2, 0.25) is 17.7 Å². The van der Waals surface area contributed by atoms with Gasteiger partial charge in [-0.15, -0.1) is 0 Å². The minimum absolute atomic E-state index is 0.0729. The number of nitro groups is 1. The first kappa shape index (κ1) is 43.4. The number of carbonyl (C=O) groups is 7. The number of carboxylic acids is 3. The highest BCUT2D eigenvalue weighted by atomic mass is 16.6. The molecular weight excluding hydrogens is 728 g/mol. The molecule has 1 fully saturated rings. The molecular formula is C34H44N8O13. The number of carbonyl (C=O) groups excluding carboxylic acids is 4. The van der Waals surface area contributed by atoms with Crippen LogP contribution in [0.2, 0.25) is 0 Å². The van der Waals surface area contributed by atoms with Gasteiger partial charge in [0.25, 0.3) is 5.69 Å². The summed E-state index contributed by atoms with van der Waals surface area (Å²) in [4.78, 5) is 102. The molecule has 0 radical (unpaired) electrons. The van der Waals surface area contributed by atoms with Crippen LogP contribution in [0.5, 0.6) is 11.5 Å². The van der Waals surface area contributed by atoms with Crippen molar-refractivity contribution in [1.29, 1.82) is 0 Å². The van der Waals surface area contributed by atoms with Crippen LogP contribution in [0, 0.1) is 10.1 Å². The summed E-state index contributed by atoms with van der Waals surface area (Å²) >= 11 is 0. The van der Waals surface area contributed by atoms with Crippen molar-refractivity contribution in [3.63, 3.8) is 0 Å². The number of aliphatic carboxylic acids is 3. The molecule has 3 amide bonds. The predicted molar refractivity (Wildman–Crippen MR) is 192 cm³/mol. The molecule has 1 saturated heterocycles. The van der Waals surface area contributed by atoms with Crippen LogP contribution < -0.4 is 20.7 Å². The summed E-state index contributed by atoms with van der Waals surface area (Å²) in [7, 11) is 0. The minimum Gasteiger partial charge on any atom is -0.480 e. The van der Waals surface area contributed by atoms with Gasteiger partial charge < -0.3 is 36.0 Å². The number of rotatable bonds is 18. The van der Waals surface area contributed by atoms with E-state index in [1.54, 1.807) is 39.0 Å². The van der Waals surface area contributed by atoms with Crippen LogP contribution >= 0.6 is 0 Å². The maximum Gasteiger partial charge on any atom is 0.322 e. The van der Waals surface area contributed by atoms with Gasteiger partial charge in [0, 0.05) is 70.1 Å². The average molecular weight is 773 g/mol. The first-order valence-corrected chi connectivity index (χ1v) is 17.1. The van der Waals surface area contributed by atoms with Crippen molar-refractivity contribution in [2.75, 3.05) is 98.2 Å². The second kappa shape index (κ2) is 22.2. The number of ether oxygens (including phenoxy) is 1. The standard InChI is InChI=1S/C34H44N8O13/c43-28(24-1-5-26(6-2-24)55-27-7-3-25(4-8-27)42(53)54)20-38-9-11-39(21-29(44)35-17-32(47)48)13-15-41(23-31(46)37-19-34(51)52)16-14-40(12-10-38)22-30(45)36-18-33(49)50/h1-8H,9-23H2,(H,35,44)(H,36,45)(H,37,46)(H,47,48)(H,49,50)(H,51,52). The fourth-order valence-corrected chi connectivity index (χ4v) is 5.29. The first-order valence-electron chi connectivity index (χ1n) is 17.1. The fourth-order valence-electron chi connectivity index (χ4n) is 5.29. The highest BCUT2D eigenvalue weighted by molar-refractivity contribution is 5.97. The minimum atomic E-state index is -1.23. The number of hydrogen-bond donors (Lipinski definition) is 6. The Morgan fingerprint density at radius 1 is 0.545 bits per heavy atom. The summed E-state index contributed by atoms with van der Waals surface area (Å²) in [5.74, 6) is -4.88. The Labute approximate surface area is 314 Å². The number of benzene rings is 2. The maximum atomic E-state index is 13.5.